The van der Waals surface area contributed by atoms with Crippen LogP contribution in [0.25, 0.3) is 0 Å². The third-order valence-electron chi connectivity index (χ3n) is 3.24. The minimum absolute atomic E-state index is 0.130. The highest BCUT2D eigenvalue weighted by atomic mass is 19.1. The number of anilines is 2. The van der Waals surface area contributed by atoms with Gasteiger partial charge in [-0.3, -0.25) is 9.59 Å². The van der Waals surface area contributed by atoms with Gasteiger partial charge in [0.05, 0.1) is 0 Å². The molecule has 1 N–H and O–H groups in total. The number of nitrogens with one attached hydrogen (secondary N) is 1. The topological polar surface area (TPSA) is 49.4 Å². The van der Waals surface area contributed by atoms with Crippen molar-refractivity contribution in [3.63, 3.8) is 0 Å². The van der Waals surface area contributed by atoms with Crippen LogP contribution >= 0.6 is 0 Å². The quantitative estimate of drug-likeness (QED) is 0.943. The summed E-state index contributed by atoms with van der Waals surface area (Å²) in [7, 11) is 0. The Balaban J connectivity index is 2.11. The Morgan fingerprint density at radius 2 is 1.73 bits per heavy atom. The van der Waals surface area contributed by atoms with E-state index in [2.05, 4.69) is 5.32 Å². The van der Waals surface area contributed by atoms with Crippen molar-refractivity contribution in [2.24, 2.45) is 0 Å². The lowest BCUT2D eigenvalue weighted by molar-refractivity contribution is -0.120. The zero-order valence-corrected chi connectivity index (χ0v) is 12.5. The molecule has 2 amide bonds. The molecule has 0 saturated heterocycles. The monoisotopic (exact) mass is 300 g/mol. The SMILES string of the molecule is CC(=O)N(CC(=O)Nc1ccccc1C)c1ccc(F)cc1. The van der Waals surface area contributed by atoms with Crippen LogP contribution in [0.5, 0.6) is 0 Å². The van der Waals surface area contributed by atoms with E-state index in [0.717, 1.165) is 5.56 Å². The molecule has 0 aliphatic rings. The van der Waals surface area contributed by atoms with Crippen molar-refractivity contribution in [3.05, 3.63) is 59.9 Å². The Morgan fingerprint density at radius 3 is 2.32 bits per heavy atom. The molecule has 22 heavy (non-hydrogen) atoms. The molecule has 5 heteroatoms. The first-order chi connectivity index (χ1) is 10.5. The van der Waals surface area contributed by atoms with Crippen LogP contribution in [-0.2, 0) is 9.59 Å². The lowest BCUT2D eigenvalue weighted by Crippen LogP contribution is -2.36. The molecule has 114 valence electrons. The van der Waals surface area contributed by atoms with Crippen LogP contribution < -0.4 is 10.2 Å². The van der Waals surface area contributed by atoms with E-state index in [1.807, 2.05) is 25.1 Å². The van der Waals surface area contributed by atoms with Gasteiger partial charge in [0.2, 0.25) is 11.8 Å². The zero-order valence-electron chi connectivity index (χ0n) is 12.5. The van der Waals surface area contributed by atoms with E-state index >= 15 is 0 Å². The Morgan fingerprint density at radius 1 is 1.09 bits per heavy atom. The number of aryl methyl sites for hydroxylation is 1. The van der Waals surface area contributed by atoms with Gasteiger partial charge in [-0.05, 0) is 42.8 Å². The molecule has 0 bridgehead atoms. The van der Waals surface area contributed by atoms with Gasteiger partial charge < -0.3 is 10.2 Å². The molecule has 0 aliphatic heterocycles. The maximum Gasteiger partial charge on any atom is 0.244 e. The van der Waals surface area contributed by atoms with Gasteiger partial charge in [0.1, 0.15) is 12.4 Å². The third-order valence-corrected chi connectivity index (χ3v) is 3.24. The number of halogens is 1. The van der Waals surface area contributed by atoms with Crippen LogP contribution in [0, 0.1) is 12.7 Å². The molecule has 2 rings (SSSR count). The highest BCUT2D eigenvalue weighted by Crippen LogP contribution is 2.16. The summed E-state index contributed by atoms with van der Waals surface area (Å²) >= 11 is 0. The molecule has 4 nitrogen and oxygen atoms in total. The second-order valence-corrected chi connectivity index (χ2v) is 4.94. The molecular weight excluding hydrogens is 283 g/mol. The molecule has 0 heterocycles. The predicted octanol–water partition coefficient (Wildman–Crippen LogP) is 3.13. The number of carbonyl (C=O) groups is 2. The number of rotatable bonds is 4. The fraction of sp³-hybridized carbons (Fsp3) is 0.176. The van der Waals surface area contributed by atoms with E-state index in [0.29, 0.717) is 11.4 Å². The molecule has 0 aliphatic carbocycles. The van der Waals surface area contributed by atoms with Crippen LogP contribution in [0.1, 0.15) is 12.5 Å². The van der Waals surface area contributed by atoms with Gasteiger partial charge in [-0.15, -0.1) is 0 Å². The minimum atomic E-state index is -0.392. The first kappa shape index (κ1) is 15.7. The molecule has 0 fully saturated rings. The first-order valence-electron chi connectivity index (χ1n) is 6.86. The highest BCUT2D eigenvalue weighted by molar-refractivity contribution is 6.02. The maximum atomic E-state index is 13.0. The number of benzene rings is 2. The fourth-order valence-corrected chi connectivity index (χ4v) is 2.05. The average Bonchev–Trinajstić information content (AvgIpc) is 2.48. The Bertz CT molecular complexity index is 683. The van der Waals surface area contributed by atoms with Gasteiger partial charge >= 0.3 is 0 Å². The van der Waals surface area contributed by atoms with Gasteiger partial charge in [-0.2, -0.15) is 0 Å². The summed E-state index contributed by atoms with van der Waals surface area (Å²) in [4.78, 5) is 25.2. The van der Waals surface area contributed by atoms with Crippen LogP contribution in [-0.4, -0.2) is 18.4 Å². The molecule has 2 aromatic carbocycles. The summed E-state index contributed by atoms with van der Waals surface area (Å²) in [6.07, 6.45) is 0. The number of nitrogens with zero attached hydrogens (tertiary/aromatic N) is 1. The summed E-state index contributed by atoms with van der Waals surface area (Å²) in [5, 5.41) is 2.77. The molecule has 0 saturated carbocycles. The average molecular weight is 300 g/mol. The first-order valence-corrected chi connectivity index (χ1v) is 6.86. The van der Waals surface area contributed by atoms with Gasteiger partial charge in [-0.1, -0.05) is 18.2 Å². The summed E-state index contributed by atoms with van der Waals surface area (Å²) in [6.45, 7) is 3.12. The molecular formula is C17H17FN2O2. The van der Waals surface area contributed by atoms with Gasteiger partial charge in [-0.25, -0.2) is 4.39 Å². The Hall–Kier alpha value is -2.69. The number of hydrogen-bond acceptors (Lipinski definition) is 2. The van der Waals surface area contributed by atoms with Crippen molar-refractivity contribution in [1.29, 1.82) is 0 Å². The zero-order chi connectivity index (χ0) is 16.1. The van der Waals surface area contributed by atoms with Crippen LogP contribution in [0.2, 0.25) is 0 Å². The summed E-state index contributed by atoms with van der Waals surface area (Å²) in [6, 6.07) is 12.8. The van der Waals surface area contributed by atoms with Crippen molar-refractivity contribution in [2.45, 2.75) is 13.8 Å². The number of para-hydroxylation sites is 1. The lowest BCUT2D eigenvalue weighted by Gasteiger charge is -2.21. The summed E-state index contributed by atoms with van der Waals surface area (Å²) in [5.74, 6) is -0.989. The van der Waals surface area contributed by atoms with Crippen LogP contribution in [0.4, 0.5) is 15.8 Å². The highest BCUT2D eigenvalue weighted by Gasteiger charge is 2.16. The van der Waals surface area contributed by atoms with Crippen molar-refractivity contribution < 1.29 is 14.0 Å². The second kappa shape index (κ2) is 6.85. The summed E-state index contributed by atoms with van der Waals surface area (Å²) in [5.41, 5.74) is 2.12. The third kappa shape index (κ3) is 3.91. The Kier molecular flexibility index (Phi) is 4.88. The summed E-state index contributed by atoms with van der Waals surface area (Å²) < 4.78 is 13.0. The van der Waals surface area contributed by atoms with Crippen molar-refractivity contribution in [1.82, 2.24) is 0 Å². The fourth-order valence-electron chi connectivity index (χ4n) is 2.05. The van der Waals surface area contributed by atoms with E-state index < -0.39 is 5.82 Å². The largest absolute Gasteiger partial charge is 0.324 e. The van der Waals surface area contributed by atoms with Crippen LogP contribution in [0.15, 0.2) is 48.5 Å². The number of amides is 2. The molecule has 0 radical (unpaired) electrons. The molecule has 0 spiro atoms. The van der Waals surface area contributed by atoms with E-state index in [9.17, 15) is 14.0 Å². The molecule has 0 atom stereocenters. The van der Waals surface area contributed by atoms with E-state index in [4.69, 9.17) is 0 Å². The molecule has 0 aromatic heterocycles. The van der Waals surface area contributed by atoms with Crippen molar-refractivity contribution >= 4 is 23.2 Å². The van der Waals surface area contributed by atoms with E-state index in [1.165, 1.54) is 36.1 Å². The van der Waals surface area contributed by atoms with Gasteiger partial charge in [0, 0.05) is 18.3 Å². The Labute approximate surface area is 128 Å². The van der Waals surface area contributed by atoms with E-state index in [-0.39, 0.29) is 18.4 Å². The van der Waals surface area contributed by atoms with Crippen LogP contribution in [0.3, 0.4) is 0 Å². The number of hydrogen-bond donors (Lipinski definition) is 1. The lowest BCUT2D eigenvalue weighted by atomic mass is 10.2. The van der Waals surface area contributed by atoms with E-state index in [1.54, 1.807) is 6.07 Å². The maximum absolute atomic E-state index is 13.0. The van der Waals surface area contributed by atoms with Gasteiger partial charge in [0.15, 0.2) is 0 Å². The molecule has 2 aromatic rings. The molecule has 0 unspecified atom stereocenters. The predicted molar refractivity (Wildman–Crippen MR) is 84.2 cm³/mol. The second-order valence-electron chi connectivity index (χ2n) is 4.94. The van der Waals surface area contributed by atoms with Gasteiger partial charge in [0.25, 0.3) is 0 Å². The smallest absolute Gasteiger partial charge is 0.244 e. The number of carbonyl (C=O) groups excluding carboxylic acids is 2. The minimum Gasteiger partial charge on any atom is -0.324 e. The normalized spacial score (nSPS) is 10.1. The van der Waals surface area contributed by atoms with Crippen molar-refractivity contribution in [3.8, 4) is 0 Å². The van der Waals surface area contributed by atoms with Crippen molar-refractivity contribution in [2.75, 3.05) is 16.8 Å². The standard InChI is InChI=1S/C17H17FN2O2/c1-12-5-3-4-6-16(12)19-17(22)11-20(13(2)21)15-9-7-14(18)8-10-15/h3-10H,11H2,1-2H3,(H,19,22).